The molecular formula is C21H29N3O2S. The van der Waals surface area contributed by atoms with Crippen LogP contribution in [0, 0.1) is 5.92 Å². The standard InChI is InChI=1S/C21H29N3O2S/c1-2-3-15-27(25,26)23-21-10-9-20(17-22-21)24-13-11-19(12-14-24)16-18-7-5-4-6-8-18/h4-10,17,19H,2-3,11-16H2,1H3,(H,22,23). The van der Waals surface area contributed by atoms with Gasteiger partial charge in [0.05, 0.1) is 17.6 Å². The van der Waals surface area contributed by atoms with Crippen molar-refractivity contribution in [3.05, 3.63) is 54.2 Å². The Bertz CT molecular complexity index is 799. The molecule has 1 aromatic heterocycles. The Hall–Kier alpha value is -2.08. The van der Waals surface area contributed by atoms with Gasteiger partial charge in [0.25, 0.3) is 0 Å². The Morgan fingerprint density at radius 1 is 1.11 bits per heavy atom. The first kappa shape index (κ1) is 19.7. The molecule has 146 valence electrons. The minimum atomic E-state index is -3.30. The minimum Gasteiger partial charge on any atom is -0.370 e. The molecule has 6 heteroatoms. The highest BCUT2D eigenvalue weighted by Crippen LogP contribution is 2.26. The lowest BCUT2D eigenvalue weighted by atomic mass is 9.90. The molecule has 27 heavy (non-hydrogen) atoms. The fourth-order valence-corrected chi connectivity index (χ4v) is 4.73. The van der Waals surface area contributed by atoms with Crippen molar-refractivity contribution in [3.63, 3.8) is 0 Å². The average molecular weight is 388 g/mol. The number of nitrogens with one attached hydrogen (secondary N) is 1. The number of pyridine rings is 1. The van der Waals surface area contributed by atoms with Gasteiger partial charge in [0.1, 0.15) is 5.82 Å². The van der Waals surface area contributed by atoms with Crippen LogP contribution in [0.25, 0.3) is 0 Å². The van der Waals surface area contributed by atoms with E-state index in [-0.39, 0.29) is 5.75 Å². The summed E-state index contributed by atoms with van der Waals surface area (Å²) in [6.07, 6.45) is 6.76. The monoisotopic (exact) mass is 387 g/mol. The molecule has 1 fully saturated rings. The molecule has 2 aromatic rings. The molecule has 0 aliphatic carbocycles. The van der Waals surface area contributed by atoms with Crippen molar-refractivity contribution in [2.24, 2.45) is 5.92 Å². The van der Waals surface area contributed by atoms with Crippen LogP contribution in [0.4, 0.5) is 11.5 Å². The van der Waals surface area contributed by atoms with Crippen molar-refractivity contribution in [1.29, 1.82) is 0 Å². The summed E-state index contributed by atoms with van der Waals surface area (Å²) < 4.78 is 26.5. The fourth-order valence-electron chi connectivity index (χ4n) is 3.52. The highest BCUT2D eigenvalue weighted by molar-refractivity contribution is 7.92. The Kier molecular flexibility index (Phi) is 6.72. The molecule has 0 radical (unpaired) electrons. The molecule has 0 saturated carbocycles. The van der Waals surface area contributed by atoms with Crippen LogP contribution < -0.4 is 9.62 Å². The first-order valence-electron chi connectivity index (χ1n) is 9.81. The molecule has 0 spiro atoms. The predicted octanol–water partition coefficient (Wildman–Crippen LogP) is 4.08. The third kappa shape index (κ3) is 5.96. The summed E-state index contributed by atoms with van der Waals surface area (Å²) in [5.74, 6) is 1.26. The Morgan fingerprint density at radius 2 is 1.85 bits per heavy atom. The van der Waals surface area contributed by atoms with E-state index in [1.165, 1.54) is 18.4 Å². The topological polar surface area (TPSA) is 62.3 Å². The lowest BCUT2D eigenvalue weighted by Gasteiger charge is -2.33. The Balaban J connectivity index is 1.51. The Morgan fingerprint density at radius 3 is 2.48 bits per heavy atom. The van der Waals surface area contributed by atoms with Gasteiger partial charge in [-0.25, -0.2) is 13.4 Å². The van der Waals surface area contributed by atoms with Gasteiger partial charge >= 0.3 is 0 Å². The summed E-state index contributed by atoms with van der Waals surface area (Å²) in [6, 6.07) is 14.4. The van der Waals surface area contributed by atoms with Crippen LogP contribution in [0.15, 0.2) is 48.7 Å². The predicted molar refractivity (Wildman–Crippen MR) is 112 cm³/mol. The van der Waals surface area contributed by atoms with Gasteiger partial charge in [-0.05, 0) is 49.3 Å². The molecular weight excluding hydrogens is 358 g/mol. The van der Waals surface area contributed by atoms with Crippen LogP contribution in [0.5, 0.6) is 0 Å². The van der Waals surface area contributed by atoms with Crippen molar-refractivity contribution in [1.82, 2.24) is 4.98 Å². The van der Waals surface area contributed by atoms with E-state index in [9.17, 15) is 8.42 Å². The van der Waals surface area contributed by atoms with Gasteiger partial charge in [-0.3, -0.25) is 4.72 Å². The first-order valence-corrected chi connectivity index (χ1v) is 11.5. The van der Waals surface area contributed by atoms with Crippen molar-refractivity contribution in [3.8, 4) is 0 Å². The maximum absolute atomic E-state index is 12.0. The number of hydrogen-bond donors (Lipinski definition) is 1. The lowest BCUT2D eigenvalue weighted by molar-refractivity contribution is 0.403. The zero-order valence-electron chi connectivity index (χ0n) is 16.0. The van der Waals surface area contributed by atoms with E-state index >= 15 is 0 Å². The molecule has 1 aromatic carbocycles. The lowest BCUT2D eigenvalue weighted by Crippen LogP contribution is -2.34. The van der Waals surface area contributed by atoms with Crippen LogP contribution in [-0.2, 0) is 16.4 Å². The summed E-state index contributed by atoms with van der Waals surface area (Å²) in [6.45, 7) is 4.01. The summed E-state index contributed by atoms with van der Waals surface area (Å²) >= 11 is 0. The van der Waals surface area contributed by atoms with Crippen molar-refractivity contribution in [2.75, 3.05) is 28.5 Å². The molecule has 5 nitrogen and oxygen atoms in total. The smallest absolute Gasteiger partial charge is 0.233 e. The molecule has 3 rings (SSSR count). The highest BCUT2D eigenvalue weighted by atomic mass is 32.2. The molecule has 0 amide bonds. The van der Waals surface area contributed by atoms with Crippen LogP contribution >= 0.6 is 0 Å². The van der Waals surface area contributed by atoms with E-state index in [1.54, 1.807) is 12.3 Å². The van der Waals surface area contributed by atoms with E-state index in [2.05, 4.69) is 44.9 Å². The minimum absolute atomic E-state index is 0.141. The average Bonchev–Trinajstić information content (AvgIpc) is 2.68. The zero-order valence-corrected chi connectivity index (χ0v) is 16.8. The maximum Gasteiger partial charge on any atom is 0.233 e. The molecule has 1 aliphatic heterocycles. The van der Waals surface area contributed by atoms with Crippen LogP contribution in [0.1, 0.15) is 38.2 Å². The third-order valence-electron chi connectivity index (χ3n) is 5.12. The van der Waals surface area contributed by atoms with Crippen LogP contribution in [0.2, 0.25) is 0 Å². The van der Waals surface area contributed by atoms with E-state index in [0.29, 0.717) is 12.2 Å². The Labute approximate surface area is 162 Å². The van der Waals surface area contributed by atoms with E-state index in [1.807, 2.05) is 13.0 Å². The normalized spacial score (nSPS) is 15.7. The third-order valence-corrected chi connectivity index (χ3v) is 6.47. The molecule has 0 bridgehead atoms. The maximum atomic E-state index is 12.0. The second-order valence-corrected chi connectivity index (χ2v) is 9.14. The van der Waals surface area contributed by atoms with Crippen molar-refractivity contribution >= 4 is 21.5 Å². The van der Waals surface area contributed by atoms with E-state index in [0.717, 1.165) is 37.5 Å². The summed E-state index contributed by atoms with van der Waals surface area (Å²) in [4.78, 5) is 6.64. The van der Waals surface area contributed by atoms with Gasteiger partial charge < -0.3 is 4.90 Å². The number of sulfonamides is 1. The molecule has 1 saturated heterocycles. The summed E-state index contributed by atoms with van der Waals surface area (Å²) in [5, 5.41) is 0. The number of anilines is 2. The number of aromatic nitrogens is 1. The SMILES string of the molecule is CCCCS(=O)(=O)Nc1ccc(N2CCC(Cc3ccccc3)CC2)cn1. The number of piperidine rings is 1. The second kappa shape index (κ2) is 9.22. The molecule has 0 atom stereocenters. The van der Waals surface area contributed by atoms with Crippen LogP contribution in [-0.4, -0.2) is 32.2 Å². The number of benzene rings is 1. The quantitative estimate of drug-likeness (QED) is 0.741. The van der Waals surface area contributed by atoms with Crippen molar-refractivity contribution < 1.29 is 8.42 Å². The fraction of sp³-hybridized carbons (Fsp3) is 0.476. The van der Waals surface area contributed by atoms with Gasteiger partial charge in [-0.2, -0.15) is 0 Å². The molecule has 0 unspecified atom stereocenters. The van der Waals surface area contributed by atoms with Crippen molar-refractivity contribution in [2.45, 2.75) is 39.0 Å². The van der Waals surface area contributed by atoms with Gasteiger partial charge in [0.15, 0.2) is 0 Å². The van der Waals surface area contributed by atoms with E-state index in [4.69, 9.17) is 0 Å². The molecule has 1 N–H and O–H groups in total. The number of hydrogen-bond acceptors (Lipinski definition) is 4. The largest absolute Gasteiger partial charge is 0.370 e. The van der Waals surface area contributed by atoms with Gasteiger partial charge in [-0.15, -0.1) is 0 Å². The zero-order chi connectivity index (χ0) is 19.1. The summed E-state index contributed by atoms with van der Waals surface area (Å²) in [7, 11) is -3.30. The molecule has 1 aliphatic rings. The van der Waals surface area contributed by atoms with Gasteiger partial charge in [0, 0.05) is 13.1 Å². The summed E-state index contributed by atoms with van der Waals surface area (Å²) in [5.41, 5.74) is 2.47. The number of unbranched alkanes of at least 4 members (excludes halogenated alkanes) is 1. The first-order chi connectivity index (χ1) is 13.1. The van der Waals surface area contributed by atoms with E-state index < -0.39 is 10.0 Å². The second-order valence-electron chi connectivity index (χ2n) is 7.30. The number of rotatable bonds is 8. The highest BCUT2D eigenvalue weighted by Gasteiger charge is 2.20. The van der Waals surface area contributed by atoms with Gasteiger partial charge in [-0.1, -0.05) is 43.7 Å². The molecule has 2 heterocycles. The number of nitrogens with zero attached hydrogens (tertiary/aromatic N) is 2. The van der Waals surface area contributed by atoms with Gasteiger partial charge in [0.2, 0.25) is 10.0 Å². The van der Waals surface area contributed by atoms with Crippen LogP contribution in [0.3, 0.4) is 0 Å².